The van der Waals surface area contributed by atoms with Crippen molar-refractivity contribution in [2.45, 2.75) is 52.4 Å². The molecule has 0 atom stereocenters. The Morgan fingerprint density at radius 3 is 2.00 bits per heavy atom. The van der Waals surface area contributed by atoms with E-state index in [0.29, 0.717) is 30.3 Å². The zero-order valence-corrected chi connectivity index (χ0v) is 25.0. The maximum Gasteiger partial charge on any atom is 0.294 e. The molecule has 0 aromatic rings. The van der Waals surface area contributed by atoms with Crippen molar-refractivity contribution in [1.29, 1.82) is 0 Å². The smallest absolute Gasteiger partial charge is 0.294 e. The molecule has 0 aliphatic heterocycles. The van der Waals surface area contributed by atoms with Gasteiger partial charge in [-0.25, -0.2) is 0 Å². The van der Waals surface area contributed by atoms with Crippen LogP contribution in [0.3, 0.4) is 0 Å². The first-order valence-corrected chi connectivity index (χ1v) is 15.2. The third-order valence-electron chi connectivity index (χ3n) is 3.50. The van der Waals surface area contributed by atoms with E-state index in [-0.39, 0.29) is 51.8 Å². The van der Waals surface area contributed by atoms with Crippen LogP contribution in [0.2, 0.25) is 0 Å². The standard InChI is InChI=1S/C14H27NO3S2.C4H9N2O3S2.Y/c1-3-6-12(7-4-2)13(16)8-5-10-19-20-11-9-18-14(15)17;5-1-3-10-11-4-2-9-6(7)8;/h12H,3-11H2,1-2H3,(H2,15,17);5H,1-4H2;/q;-1;/p-1. The first-order chi connectivity index (χ1) is 14.9. The van der Waals surface area contributed by atoms with Crippen LogP contribution < -0.4 is 0 Å². The molecule has 0 saturated heterocycles. The van der Waals surface area contributed by atoms with E-state index in [0.717, 1.165) is 43.6 Å². The largest absolute Gasteiger partial charge is 0.677 e. The number of nitrogens with zero attached hydrogens (tertiary/aromatic N) is 1. The van der Waals surface area contributed by atoms with Crippen molar-refractivity contribution in [2.24, 2.45) is 5.92 Å². The second-order valence-electron chi connectivity index (χ2n) is 6.07. The van der Waals surface area contributed by atoms with Crippen molar-refractivity contribution in [3.63, 3.8) is 0 Å². The molecule has 14 heteroatoms. The topological polar surface area (TPSA) is 143 Å². The number of carbonyl (C=O) groups excluding carboxylic acids is 2. The van der Waals surface area contributed by atoms with Gasteiger partial charge in [-0.1, -0.05) is 69.9 Å². The first kappa shape index (κ1) is 37.2. The molecule has 0 aliphatic rings. The molecule has 0 aliphatic carbocycles. The van der Waals surface area contributed by atoms with E-state index in [2.05, 4.69) is 23.4 Å². The third-order valence-corrected chi connectivity index (χ3v) is 8.32. The Labute approximate surface area is 232 Å². The molecule has 0 aromatic heterocycles. The quantitative estimate of drug-likeness (QED) is 0.0632. The molecule has 32 heavy (non-hydrogen) atoms. The molecule has 1 radical (unpaired) electrons. The van der Waals surface area contributed by atoms with Gasteiger partial charge in [-0.05, 0) is 25.0 Å². The molecule has 0 heterocycles. The summed E-state index contributed by atoms with van der Waals surface area (Å²) in [6.07, 6.45) is 4.82. The number of ether oxygens (including phenoxy) is 1. The maximum absolute atomic E-state index is 12.0. The van der Waals surface area contributed by atoms with Crippen molar-refractivity contribution >= 4 is 55.1 Å². The van der Waals surface area contributed by atoms with Crippen LogP contribution in [-0.2, 0) is 47.1 Å². The van der Waals surface area contributed by atoms with E-state index in [1.165, 1.54) is 21.6 Å². The normalized spacial score (nSPS) is 10.0. The molecular formula is C18H35N3O6S4Y-2. The van der Waals surface area contributed by atoms with Gasteiger partial charge in [0, 0.05) is 62.3 Å². The van der Waals surface area contributed by atoms with Crippen LogP contribution >= 0.6 is 43.2 Å². The van der Waals surface area contributed by atoms with E-state index in [9.17, 15) is 19.7 Å². The van der Waals surface area contributed by atoms with Gasteiger partial charge in [0.2, 0.25) is 6.09 Å². The molecule has 0 unspecified atom stereocenters. The summed E-state index contributed by atoms with van der Waals surface area (Å²) in [6.45, 7) is 5.06. The van der Waals surface area contributed by atoms with E-state index >= 15 is 0 Å². The molecule has 0 saturated carbocycles. The fourth-order valence-electron chi connectivity index (χ4n) is 2.26. The number of nitrogens with one attached hydrogen (secondary N) is 2. The summed E-state index contributed by atoms with van der Waals surface area (Å²) in [5.74, 6) is 3.66. The Kier molecular flexibility index (Phi) is 34.4. The summed E-state index contributed by atoms with van der Waals surface area (Å²) in [5.41, 5.74) is 13.3. The number of rotatable bonds is 20. The second kappa shape index (κ2) is 29.6. The minimum Gasteiger partial charge on any atom is -0.677 e. The fraction of sp³-hybridized carbons (Fsp3) is 0.889. The molecule has 0 bridgehead atoms. The van der Waals surface area contributed by atoms with Gasteiger partial charge < -0.3 is 21.0 Å². The molecule has 187 valence electrons. The maximum atomic E-state index is 12.0. The second-order valence-corrected chi connectivity index (χ2v) is 11.5. The Hall–Kier alpha value is 0.604. The summed E-state index contributed by atoms with van der Waals surface area (Å²) in [6, 6.07) is 0. The number of amides is 1. The fourth-order valence-corrected chi connectivity index (χ4v) is 5.80. The van der Waals surface area contributed by atoms with Gasteiger partial charge >= 0.3 is 0 Å². The van der Waals surface area contributed by atoms with Gasteiger partial charge in [0.1, 0.15) is 12.4 Å². The number of hydrogen-bond acceptors (Lipinski definition) is 10. The van der Waals surface area contributed by atoms with Crippen molar-refractivity contribution < 1.29 is 57.0 Å². The van der Waals surface area contributed by atoms with Crippen LogP contribution in [0.5, 0.6) is 0 Å². The van der Waals surface area contributed by atoms with Crippen LogP contribution in [0.1, 0.15) is 52.4 Å². The average Bonchev–Trinajstić information content (AvgIpc) is 2.72. The summed E-state index contributed by atoms with van der Waals surface area (Å²) < 4.78 is 4.51. The van der Waals surface area contributed by atoms with Crippen LogP contribution in [0.15, 0.2) is 0 Å². The van der Waals surface area contributed by atoms with Crippen molar-refractivity contribution in [2.75, 3.05) is 42.8 Å². The molecule has 0 aromatic carbocycles. The van der Waals surface area contributed by atoms with Crippen molar-refractivity contribution in [3.8, 4) is 0 Å². The van der Waals surface area contributed by atoms with Gasteiger partial charge in [-0.2, -0.15) is 0 Å². The predicted octanol–water partition coefficient (Wildman–Crippen LogP) is 6.75. The van der Waals surface area contributed by atoms with E-state index in [1.807, 2.05) is 0 Å². The Morgan fingerprint density at radius 1 is 0.969 bits per heavy atom. The molecular weight excluding hydrogens is 571 g/mol. The molecule has 9 nitrogen and oxygen atoms in total. The molecule has 0 spiro atoms. The Morgan fingerprint density at radius 2 is 1.50 bits per heavy atom. The molecule has 0 rings (SSSR count). The van der Waals surface area contributed by atoms with Crippen LogP contribution in [0, 0.1) is 16.0 Å². The molecule has 1 amide bonds. The molecule has 0 fully saturated rings. The number of hydrogen-bond donors (Lipinski definition) is 0. The minimum atomic E-state index is -0.973. The monoisotopic (exact) mass is 606 g/mol. The summed E-state index contributed by atoms with van der Waals surface area (Å²) in [7, 11) is 6.34. The first-order valence-electron chi connectivity index (χ1n) is 10.2. The number of carbonyl (C=O) groups is 2. The zero-order valence-electron chi connectivity index (χ0n) is 18.9. The summed E-state index contributed by atoms with van der Waals surface area (Å²) in [4.78, 5) is 35.9. The van der Waals surface area contributed by atoms with Gasteiger partial charge in [-0.15, -0.1) is 16.7 Å². The molecule has 2 N–H and O–H groups in total. The minimum absolute atomic E-state index is 0. The van der Waals surface area contributed by atoms with E-state index in [1.54, 1.807) is 21.6 Å². The SMILES string of the molecule is CCCC(CCC)C(=O)CCCSSCCOC([NH-])=O.[NH-]CCSSCCO[N+](=O)[O-].[Y]. The van der Waals surface area contributed by atoms with E-state index < -0.39 is 11.2 Å². The Balaban J connectivity index is -0.000000597. The number of Topliss-reactive ketones (excluding diaryl/α,β-unsaturated/α-hetero) is 1. The van der Waals surface area contributed by atoms with Crippen molar-refractivity contribution in [1.82, 2.24) is 0 Å². The van der Waals surface area contributed by atoms with Crippen molar-refractivity contribution in [3.05, 3.63) is 21.6 Å². The predicted molar refractivity (Wildman–Crippen MR) is 135 cm³/mol. The van der Waals surface area contributed by atoms with Gasteiger partial charge in [0.05, 0.1) is 6.61 Å². The third kappa shape index (κ3) is 30.6. The van der Waals surface area contributed by atoms with E-state index in [4.69, 9.17) is 11.5 Å². The van der Waals surface area contributed by atoms with Crippen LogP contribution in [-0.4, -0.2) is 59.7 Å². The summed E-state index contributed by atoms with van der Waals surface area (Å²) >= 11 is 0. The summed E-state index contributed by atoms with van der Waals surface area (Å²) in [5, 5.41) is 8.83. The van der Waals surface area contributed by atoms with Gasteiger partial charge in [-0.3, -0.25) is 9.59 Å². The van der Waals surface area contributed by atoms with Gasteiger partial charge in [0.25, 0.3) is 5.09 Å². The van der Waals surface area contributed by atoms with Crippen LogP contribution in [0.25, 0.3) is 11.5 Å². The number of ketones is 1. The zero-order chi connectivity index (χ0) is 23.7. The van der Waals surface area contributed by atoms with Gasteiger partial charge in [0.15, 0.2) is 0 Å². The average molecular weight is 607 g/mol. The van der Waals surface area contributed by atoms with Crippen LogP contribution in [0.4, 0.5) is 4.79 Å². The Bertz CT molecular complexity index is 464.